The average Bonchev–Trinajstić information content (AvgIpc) is 2.42. The summed E-state index contributed by atoms with van der Waals surface area (Å²) in [5.41, 5.74) is 7.91. The van der Waals surface area contributed by atoms with Crippen molar-refractivity contribution in [2.45, 2.75) is 45.6 Å². The highest BCUT2D eigenvalue weighted by atomic mass is 16.5. The molecule has 2 unspecified atom stereocenters. The predicted octanol–water partition coefficient (Wildman–Crippen LogP) is 2.85. The normalized spacial score (nSPS) is 22.4. The molecule has 0 spiro atoms. The van der Waals surface area contributed by atoms with Gasteiger partial charge in [-0.1, -0.05) is 18.9 Å². The number of ether oxygens (including phenoxy) is 1. The van der Waals surface area contributed by atoms with Crippen LogP contribution in [-0.4, -0.2) is 18.6 Å². The lowest BCUT2D eigenvalue weighted by molar-refractivity contribution is -0.121. The van der Waals surface area contributed by atoms with Gasteiger partial charge in [0, 0.05) is 6.04 Å². The summed E-state index contributed by atoms with van der Waals surface area (Å²) < 4.78 is 5.59. The van der Waals surface area contributed by atoms with Gasteiger partial charge in [0.1, 0.15) is 5.75 Å². The number of hydrogen-bond donors (Lipinski definition) is 2. The number of aryl methyl sites for hydroxylation is 1. The lowest BCUT2D eigenvalue weighted by Crippen LogP contribution is -2.40. The van der Waals surface area contributed by atoms with Crippen LogP contribution in [-0.2, 0) is 4.79 Å². The molecule has 1 aliphatic rings. The first-order valence-electron chi connectivity index (χ1n) is 7.41. The van der Waals surface area contributed by atoms with E-state index in [0.717, 1.165) is 42.7 Å². The number of benzene rings is 1. The van der Waals surface area contributed by atoms with Crippen LogP contribution in [0.5, 0.6) is 5.75 Å². The first-order chi connectivity index (χ1) is 9.61. The van der Waals surface area contributed by atoms with Gasteiger partial charge in [-0.25, -0.2) is 0 Å². The van der Waals surface area contributed by atoms with Gasteiger partial charge in [0.05, 0.1) is 18.2 Å². The van der Waals surface area contributed by atoms with Gasteiger partial charge in [0.25, 0.3) is 0 Å². The molecule has 0 radical (unpaired) electrons. The number of carbonyl (C=O) groups is 1. The summed E-state index contributed by atoms with van der Waals surface area (Å²) in [4.78, 5) is 12.4. The molecule has 0 bridgehead atoms. The van der Waals surface area contributed by atoms with Crippen LogP contribution in [0.2, 0.25) is 0 Å². The van der Waals surface area contributed by atoms with E-state index in [4.69, 9.17) is 10.5 Å². The number of amides is 1. The second-order valence-electron chi connectivity index (χ2n) is 5.48. The van der Waals surface area contributed by atoms with Crippen LogP contribution >= 0.6 is 0 Å². The summed E-state index contributed by atoms with van der Waals surface area (Å²) in [5, 5.41) is 2.98. The molecule has 2 atom stereocenters. The third kappa shape index (κ3) is 3.51. The van der Waals surface area contributed by atoms with E-state index < -0.39 is 0 Å². The Morgan fingerprint density at radius 2 is 2.15 bits per heavy atom. The molecule has 110 valence electrons. The molecular formula is C16H24N2O2. The summed E-state index contributed by atoms with van der Waals surface area (Å²) in [6.07, 6.45) is 4.02. The van der Waals surface area contributed by atoms with Crippen molar-refractivity contribution >= 4 is 11.6 Å². The van der Waals surface area contributed by atoms with Gasteiger partial charge < -0.3 is 15.8 Å². The first-order valence-corrected chi connectivity index (χ1v) is 7.41. The van der Waals surface area contributed by atoms with Gasteiger partial charge in [0.2, 0.25) is 5.91 Å². The molecule has 1 aromatic rings. The zero-order chi connectivity index (χ0) is 14.5. The Morgan fingerprint density at radius 1 is 1.40 bits per heavy atom. The van der Waals surface area contributed by atoms with E-state index in [1.165, 1.54) is 0 Å². The van der Waals surface area contributed by atoms with Crippen molar-refractivity contribution in [1.29, 1.82) is 0 Å². The smallest absolute Gasteiger partial charge is 0.229 e. The summed E-state index contributed by atoms with van der Waals surface area (Å²) in [6, 6.07) is 5.79. The molecule has 3 N–H and O–H groups in total. The maximum Gasteiger partial charge on any atom is 0.229 e. The molecule has 0 aromatic heterocycles. The van der Waals surface area contributed by atoms with E-state index in [9.17, 15) is 4.79 Å². The highest BCUT2D eigenvalue weighted by molar-refractivity contribution is 5.94. The fraction of sp³-hybridized carbons (Fsp3) is 0.562. The molecule has 0 aliphatic heterocycles. The second-order valence-corrected chi connectivity index (χ2v) is 5.48. The van der Waals surface area contributed by atoms with Gasteiger partial charge in [-0.15, -0.1) is 0 Å². The summed E-state index contributed by atoms with van der Waals surface area (Å²) >= 11 is 0. The Labute approximate surface area is 120 Å². The minimum atomic E-state index is -0.0838. The molecule has 0 heterocycles. The number of nitrogens with one attached hydrogen (secondary N) is 1. The lowest BCUT2D eigenvalue weighted by Gasteiger charge is -2.27. The molecule has 1 fully saturated rings. The monoisotopic (exact) mass is 276 g/mol. The molecule has 4 nitrogen and oxygen atoms in total. The number of rotatable bonds is 4. The molecule has 4 heteroatoms. The Kier molecular flexibility index (Phi) is 5.01. The Bertz CT molecular complexity index is 474. The summed E-state index contributed by atoms with van der Waals surface area (Å²) in [7, 11) is 0. The van der Waals surface area contributed by atoms with E-state index >= 15 is 0 Å². The Morgan fingerprint density at radius 3 is 2.85 bits per heavy atom. The standard InChI is InChI=1S/C16H24N2O2/c1-3-20-15-10-11(2)8-9-14(15)18-16(19)12-6-4-5-7-13(12)17/h8-10,12-13H,3-7,17H2,1-2H3,(H,18,19). The zero-order valence-corrected chi connectivity index (χ0v) is 12.3. The van der Waals surface area contributed by atoms with Gasteiger partial charge in [0.15, 0.2) is 0 Å². The van der Waals surface area contributed by atoms with Gasteiger partial charge in [-0.2, -0.15) is 0 Å². The predicted molar refractivity (Wildman–Crippen MR) is 80.9 cm³/mol. The van der Waals surface area contributed by atoms with E-state index in [-0.39, 0.29) is 17.9 Å². The number of nitrogens with two attached hydrogens (primary N) is 1. The van der Waals surface area contributed by atoms with Crippen LogP contribution < -0.4 is 15.8 Å². The molecule has 1 amide bonds. The lowest BCUT2D eigenvalue weighted by atomic mass is 9.84. The van der Waals surface area contributed by atoms with E-state index in [1.807, 2.05) is 32.0 Å². The van der Waals surface area contributed by atoms with Crippen LogP contribution in [0.1, 0.15) is 38.2 Å². The van der Waals surface area contributed by atoms with Crippen molar-refractivity contribution in [2.75, 3.05) is 11.9 Å². The van der Waals surface area contributed by atoms with Crippen LogP contribution in [0.15, 0.2) is 18.2 Å². The maximum absolute atomic E-state index is 12.4. The molecule has 2 rings (SSSR count). The first kappa shape index (κ1) is 14.9. The zero-order valence-electron chi connectivity index (χ0n) is 12.3. The topological polar surface area (TPSA) is 64.3 Å². The molecule has 1 saturated carbocycles. The second kappa shape index (κ2) is 6.75. The van der Waals surface area contributed by atoms with Crippen molar-refractivity contribution < 1.29 is 9.53 Å². The molecular weight excluding hydrogens is 252 g/mol. The number of anilines is 1. The molecule has 20 heavy (non-hydrogen) atoms. The molecule has 0 saturated heterocycles. The third-order valence-electron chi connectivity index (χ3n) is 3.85. The minimum absolute atomic E-state index is 0.0157. The Hall–Kier alpha value is -1.55. The SMILES string of the molecule is CCOc1cc(C)ccc1NC(=O)C1CCCCC1N. The van der Waals surface area contributed by atoms with Crippen molar-refractivity contribution in [2.24, 2.45) is 11.7 Å². The summed E-state index contributed by atoms with van der Waals surface area (Å²) in [5.74, 6) is 0.659. The third-order valence-corrected chi connectivity index (χ3v) is 3.85. The van der Waals surface area contributed by atoms with Crippen LogP contribution in [0.4, 0.5) is 5.69 Å². The van der Waals surface area contributed by atoms with Gasteiger partial charge in [-0.3, -0.25) is 4.79 Å². The Balaban J connectivity index is 2.10. The number of hydrogen-bond acceptors (Lipinski definition) is 3. The average molecular weight is 276 g/mol. The fourth-order valence-corrected chi connectivity index (χ4v) is 2.72. The van der Waals surface area contributed by atoms with E-state index in [0.29, 0.717) is 6.61 Å². The van der Waals surface area contributed by atoms with Crippen molar-refractivity contribution in [3.8, 4) is 5.75 Å². The van der Waals surface area contributed by atoms with E-state index in [1.54, 1.807) is 0 Å². The highest BCUT2D eigenvalue weighted by Crippen LogP contribution is 2.29. The van der Waals surface area contributed by atoms with Gasteiger partial charge >= 0.3 is 0 Å². The van der Waals surface area contributed by atoms with Crippen LogP contribution in [0.3, 0.4) is 0 Å². The number of carbonyl (C=O) groups excluding carboxylic acids is 1. The molecule has 1 aliphatic carbocycles. The minimum Gasteiger partial charge on any atom is -0.492 e. The largest absolute Gasteiger partial charge is 0.492 e. The van der Waals surface area contributed by atoms with Crippen LogP contribution in [0, 0.1) is 12.8 Å². The van der Waals surface area contributed by atoms with Crippen molar-refractivity contribution in [1.82, 2.24) is 0 Å². The van der Waals surface area contributed by atoms with Crippen LogP contribution in [0.25, 0.3) is 0 Å². The highest BCUT2D eigenvalue weighted by Gasteiger charge is 2.28. The van der Waals surface area contributed by atoms with Gasteiger partial charge in [-0.05, 0) is 44.4 Å². The van der Waals surface area contributed by atoms with E-state index in [2.05, 4.69) is 5.32 Å². The van der Waals surface area contributed by atoms with Crippen molar-refractivity contribution in [3.63, 3.8) is 0 Å². The maximum atomic E-state index is 12.4. The van der Waals surface area contributed by atoms with Crippen molar-refractivity contribution in [3.05, 3.63) is 23.8 Å². The molecule has 1 aromatic carbocycles. The summed E-state index contributed by atoms with van der Waals surface area (Å²) in [6.45, 7) is 4.52. The fourth-order valence-electron chi connectivity index (χ4n) is 2.72. The quantitative estimate of drug-likeness (QED) is 0.888.